The average molecular weight is 384 g/mol. The van der Waals surface area contributed by atoms with Crippen molar-refractivity contribution < 1.29 is 27.3 Å². The van der Waals surface area contributed by atoms with Crippen molar-refractivity contribution in [2.24, 2.45) is 0 Å². The summed E-state index contributed by atoms with van der Waals surface area (Å²) in [5.74, 6) is -0.706. The number of amides is 1. The van der Waals surface area contributed by atoms with Crippen molar-refractivity contribution in [3.8, 4) is 0 Å². The van der Waals surface area contributed by atoms with E-state index < -0.39 is 28.5 Å². The van der Waals surface area contributed by atoms with E-state index in [0.717, 1.165) is 18.3 Å². The van der Waals surface area contributed by atoms with Crippen LogP contribution >= 0.6 is 0 Å². The van der Waals surface area contributed by atoms with Crippen LogP contribution in [0.1, 0.15) is 22.5 Å². The highest BCUT2D eigenvalue weighted by Crippen LogP contribution is 2.29. The first-order valence-corrected chi connectivity index (χ1v) is 8.07. The predicted octanol–water partition coefficient (Wildman–Crippen LogP) is 2.95. The van der Waals surface area contributed by atoms with Gasteiger partial charge in [0.2, 0.25) is 0 Å². The number of hydrogen-bond donors (Lipinski definition) is 0. The highest BCUT2D eigenvalue weighted by molar-refractivity contribution is 5.91. The first kappa shape index (κ1) is 18.7. The van der Waals surface area contributed by atoms with Gasteiger partial charge in [-0.2, -0.15) is 13.2 Å². The van der Waals surface area contributed by atoms with E-state index in [1.165, 1.54) is 17.0 Å². The molecule has 1 saturated heterocycles. The van der Waals surface area contributed by atoms with Gasteiger partial charge in [0.25, 0.3) is 5.91 Å². The molecule has 27 heavy (non-hydrogen) atoms. The lowest BCUT2D eigenvalue weighted by Crippen LogP contribution is -2.35. The van der Waals surface area contributed by atoms with Gasteiger partial charge in [-0.15, -0.1) is 0 Å². The first-order valence-electron chi connectivity index (χ1n) is 8.07. The normalized spacial score (nSPS) is 15.5. The molecule has 1 amide bonds. The quantitative estimate of drug-likeness (QED) is 0.597. The average Bonchev–Trinajstić information content (AvgIpc) is 2.99. The first-order chi connectivity index (χ1) is 12.8. The molecule has 0 bridgehead atoms. The zero-order valence-corrected chi connectivity index (χ0v) is 14.0. The molecule has 1 fully saturated rings. The third-order valence-corrected chi connectivity index (χ3v) is 4.16. The monoisotopic (exact) mass is 384 g/mol. The van der Waals surface area contributed by atoms with Crippen molar-refractivity contribution in [3.05, 3.63) is 51.9 Å². The van der Waals surface area contributed by atoms with E-state index in [1.807, 2.05) is 0 Å². The van der Waals surface area contributed by atoms with Crippen molar-refractivity contribution in [1.29, 1.82) is 0 Å². The number of carbonyl (C=O) groups is 1. The van der Waals surface area contributed by atoms with Gasteiger partial charge >= 0.3 is 12.1 Å². The summed E-state index contributed by atoms with van der Waals surface area (Å²) >= 11 is 0. The number of rotatable bonds is 3. The lowest BCUT2D eigenvalue weighted by molar-refractivity contribution is -0.402. The van der Waals surface area contributed by atoms with Crippen LogP contribution in [0.15, 0.2) is 34.9 Å². The minimum absolute atomic E-state index is 0.122. The molecule has 3 rings (SSSR count). The maximum absolute atomic E-state index is 12.6. The van der Waals surface area contributed by atoms with Crippen molar-refractivity contribution in [2.75, 3.05) is 31.1 Å². The van der Waals surface area contributed by atoms with Crippen molar-refractivity contribution in [3.63, 3.8) is 0 Å². The fourth-order valence-electron chi connectivity index (χ4n) is 2.79. The van der Waals surface area contributed by atoms with E-state index in [0.29, 0.717) is 31.9 Å². The summed E-state index contributed by atoms with van der Waals surface area (Å²) < 4.78 is 42.8. The van der Waals surface area contributed by atoms with Crippen LogP contribution in [0.3, 0.4) is 0 Å². The second-order valence-electron chi connectivity index (χ2n) is 5.93. The molecule has 0 spiro atoms. The Bertz CT molecular complexity index is 835. The standard InChI is InChI=1S/C16H15F3N4O4/c17-16(18,19)11-2-4-13(20-10-11)21-6-1-7-22(9-8-21)15(24)12-3-5-14(27-12)23(25)26/h2-5,10H,1,6-9H2. The van der Waals surface area contributed by atoms with E-state index in [1.54, 1.807) is 4.90 Å². The molecule has 0 aromatic carbocycles. The highest BCUT2D eigenvalue weighted by Gasteiger charge is 2.31. The van der Waals surface area contributed by atoms with E-state index in [-0.39, 0.29) is 12.3 Å². The van der Waals surface area contributed by atoms with Gasteiger partial charge in [-0.25, -0.2) is 4.98 Å². The van der Waals surface area contributed by atoms with Gasteiger partial charge in [0.15, 0.2) is 5.76 Å². The summed E-state index contributed by atoms with van der Waals surface area (Å²) in [7, 11) is 0. The fourth-order valence-corrected chi connectivity index (χ4v) is 2.79. The van der Waals surface area contributed by atoms with Gasteiger partial charge in [-0.1, -0.05) is 0 Å². The molecule has 0 atom stereocenters. The van der Waals surface area contributed by atoms with Crippen LogP contribution in [0.25, 0.3) is 0 Å². The molecule has 3 heterocycles. The summed E-state index contributed by atoms with van der Waals surface area (Å²) in [5, 5.41) is 10.7. The molecule has 0 saturated carbocycles. The van der Waals surface area contributed by atoms with E-state index >= 15 is 0 Å². The molecule has 0 N–H and O–H groups in total. The second kappa shape index (κ2) is 7.25. The molecule has 0 unspecified atom stereocenters. The van der Waals surface area contributed by atoms with Gasteiger partial charge in [0.1, 0.15) is 10.7 Å². The number of nitrogens with zero attached hydrogens (tertiary/aromatic N) is 4. The summed E-state index contributed by atoms with van der Waals surface area (Å²) in [6.45, 7) is 1.56. The van der Waals surface area contributed by atoms with E-state index in [9.17, 15) is 28.1 Å². The zero-order chi connectivity index (χ0) is 19.6. The number of aromatic nitrogens is 1. The number of alkyl halides is 3. The Morgan fingerprint density at radius 2 is 1.93 bits per heavy atom. The van der Waals surface area contributed by atoms with Crippen LogP contribution < -0.4 is 4.90 Å². The number of furan rings is 1. The van der Waals surface area contributed by atoms with Crippen LogP contribution in [-0.4, -0.2) is 46.9 Å². The van der Waals surface area contributed by atoms with Crippen LogP contribution in [0.4, 0.5) is 24.9 Å². The van der Waals surface area contributed by atoms with E-state index in [2.05, 4.69) is 4.98 Å². The Labute approximate surface area is 151 Å². The number of pyridine rings is 1. The number of anilines is 1. The third kappa shape index (κ3) is 4.18. The molecular formula is C16H15F3N4O4. The smallest absolute Gasteiger partial charge is 0.395 e. The minimum Gasteiger partial charge on any atom is -0.395 e. The molecule has 0 aliphatic carbocycles. The fraction of sp³-hybridized carbons (Fsp3) is 0.375. The largest absolute Gasteiger partial charge is 0.433 e. The molecule has 11 heteroatoms. The zero-order valence-electron chi connectivity index (χ0n) is 14.0. The van der Waals surface area contributed by atoms with Gasteiger partial charge < -0.3 is 14.2 Å². The Morgan fingerprint density at radius 1 is 1.15 bits per heavy atom. The lowest BCUT2D eigenvalue weighted by Gasteiger charge is -2.22. The Morgan fingerprint density at radius 3 is 2.52 bits per heavy atom. The van der Waals surface area contributed by atoms with Crippen LogP contribution in [-0.2, 0) is 6.18 Å². The molecule has 1 aliphatic rings. The summed E-state index contributed by atoms with van der Waals surface area (Å²) in [4.78, 5) is 29.5. The van der Waals surface area contributed by atoms with Gasteiger partial charge in [-0.05, 0) is 24.6 Å². The summed E-state index contributed by atoms with van der Waals surface area (Å²) in [6, 6.07) is 4.64. The molecule has 2 aromatic heterocycles. The molecular weight excluding hydrogens is 369 g/mol. The number of nitro groups is 1. The Kier molecular flexibility index (Phi) is 5.02. The SMILES string of the molecule is O=C(c1ccc([N+](=O)[O-])o1)N1CCCN(c2ccc(C(F)(F)F)cn2)CC1. The van der Waals surface area contributed by atoms with Crippen LogP contribution in [0.5, 0.6) is 0 Å². The summed E-state index contributed by atoms with van der Waals surface area (Å²) in [6.07, 6.45) is -3.10. The van der Waals surface area contributed by atoms with Crippen LogP contribution in [0.2, 0.25) is 0 Å². The third-order valence-electron chi connectivity index (χ3n) is 4.16. The van der Waals surface area contributed by atoms with Crippen molar-refractivity contribution >= 4 is 17.6 Å². The lowest BCUT2D eigenvalue weighted by atomic mass is 10.2. The van der Waals surface area contributed by atoms with Crippen molar-refractivity contribution in [2.45, 2.75) is 12.6 Å². The molecule has 1 aliphatic heterocycles. The Balaban J connectivity index is 1.66. The van der Waals surface area contributed by atoms with Gasteiger partial charge in [0, 0.05) is 32.4 Å². The van der Waals surface area contributed by atoms with E-state index in [4.69, 9.17) is 4.42 Å². The maximum Gasteiger partial charge on any atom is 0.433 e. The number of halogens is 3. The molecule has 2 aromatic rings. The summed E-state index contributed by atoms with van der Waals surface area (Å²) in [5.41, 5.74) is -0.822. The molecule has 8 nitrogen and oxygen atoms in total. The van der Waals surface area contributed by atoms with Gasteiger partial charge in [-0.3, -0.25) is 14.9 Å². The minimum atomic E-state index is -4.45. The predicted molar refractivity (Wildman–Crippen MR) is 87.3 cm³/mol. The Hall–Kier alpha value is -3.11. The molecule has 0 radical (unpaired) electrons. The number of hydrogen-bond acceptors (Lipinski definition) is 6. The van der Waals surface area contributed by atoms with Gasteiger partial charge in [0.05, 0.1) is 11.6 Å². The van der Waals surface area contributed by atoms with Crippen molar-refractivity contribution in [1.82, 2.24) is 9.88 Å². The van der Waals surface area contributed by atoms with Crippen LogP contribution in [0, 0.1) is 10.1 Å². The maximum atomic E-state index is 12.6. The second-order valence-corrected chi connectivity index (χ2v) is 5.93. The topological polar surface area (TPSA) is 92.7 Å². The highest BCUT2D eigenvalue weighted by atomic mass is 19.4. The molecule has 144 valence electrons. The number of carbonyl (C=O) groups excluding carboxylic acids is 1.